The minimum absolute atomic E-state index is 0. The fraction of sp³-hybridized carbons (Fsp3) is 0.375. The summed E-state index contributed by atoms with van der Waals surface area (Å²) in [6.45, 7) is 12.1. The van der Waals surface area contributed by atoms with Crippen molar-refractivity contribution in [3.8, 4) is 22.9 Å². The number of fused-ring (bicyclic) bond motifs is 3. The van der Waals surface area contributed by atoms with Gasteiger partial charge in [-0.2, -0.15) is 0 Å². The van der Waals surface area contributed by atoms with E-state index in [9.17, 15) is 9.90 Å². The Morgan fingerprint density at radius 3 is 2.41 bits per heavy atom. The van der Waals surface area contributed by atoms with E-state index in [0.717, 1.165) is 36.5 Å². The molecular weight excluding hydrogens is 667 g/mol. The van der Waals surface area contributed by atoms with Crippen molar-refractivity contribution >= 4 is 27.6 Å². The molecule has 1 aliphatic heterocycles. The van der Waals surface area contributed by atoms with Crippen LogP contribution in [0, 0.1) is 16.9 Å². The Hall–Kier alpha value is -3.15. The van der Waals surface area contributed by atoms with E-state index >= 15 is 0 Å². The van der Waals surface area contributed by atoms with Crippen molar-refractivity contribution in [1.82, 2.24) is 15.0 Å². The van der Waals surface area contributed by atoms with Crippen LogP contribution in [-0.4, -0.2) is 25.8 Å². The topological polar surface area (TPSA) is 85.2 Å². The third-order valence-corrected chi connectivity index (χ3v) is 8.13. The first kappa shape index (κ1) is 27.4. The van der Waals surface area contributed by atoms with Gasteiger partial charge in [-0.25, -0.2) is 0 Å². The van der Waals surface area contributed by atoms with Crippen molar-refractivity contribution in [1.29, 1.82) is 0 Å². The van der Waals surface area contributed by atoms with Gasteiger partial charge in [-0.15, -0.1) is 12.1 Å². The molecule has 0 fully saturated rings. The van der Waals surface area contributed by atoms with Crippen molar-refractivity contribution in [2.45, 2.75) is 67.2 Å². The number of aromatic nitrogens is 3. The number of hydrogen-bond donors (Lipinski definition) is 1. The van der Waals surface area contributed by atoms with Crippen molar-refractivity contribution in [2.75, 3.05) is 0 Å². The number of carbonyl (C=O) groups excluding carboxylic acids is 1. The number of hydrogen-bond acceptors (Lipinski definition) is 6. The summed E-state index contributed by atoms with van der Waals surface area (Å²) in [5.74, 6) is 1.25. The molecule has 0 saturated carbocycles. The Morgan fingerprint density at radius 1 is 1.05 bits per heavy atom. The van der Waals surface area contributed by atoms with Crippen molar-refractivity contribution in [2.24, 2.45) is 10.8 Å². The Kier molecular flexibility index (Phi) is 8.69. The molecule has 0 spiro atoms. The van der Waals surface area contributed by atoms with Crippen LogP contribution in [0.15, 0.2) is 60.6 Å². The summed E-state index contributed by atoms with van der Waals surface area (Å²) < 4.78 is 21.9. The molecule has 0 unspecified atom stereocenters. The first-order valence-corrected chi connectivity index (χ1v) is 13.2. The van der Waals surface area contributed by atoms with Gasteiger partial charge < -0.3 is 9.84 Å². The smallest absolute Gasteiger partial charge is 0.164 e. The Morgan fingerprint density at radius 2 is 1.74 bits per heavy atom. The van der Waals surface area contributed by atoms with Gasteiger partial charge in [0.15, 0.2) is 11.7 Å². The summed E-state index contributed by atoms with van der Waals surface area (Å²) in [7, 11) is 0. The number of ether oxygens (including phenoxy) is 1. The fourth-order valence-electron chi connectivity index (χ4n) is 4.29. The summed E-state index contributed by atoms with van der Waals surface area (Å²) in [5.41, 5.74) is 1.12. The molecule has 3 aromatic heterocycles. The molecule has 0 atom stereocenters. The maximum absolute atomic E-state index is 12.2. The van der Waals surface area contributed by atoms with Gasteiger partial charge in [0.1, 0.15) is 11.5 Å². The number of rotatable bonds is 7. The van der Waals surface area contributed by atoms with Gasteiger partial charge in [0.25, 0.3) is 0 Å². The first-order chi connectivity index (χ1) is 19.0. The monoisotopic (exact) mass is 705 g/mol. The summed E-state index contributed by atoms with van der Waals surface area (Å²) in [6, 6.07) is 12.4. The van der Waals surface area contributed by atoms with Crippen molar-refractivity contribution in [3.05, 3.63) is 66.6 Å². The van der Waals surface area contributed by atoms with E-state index in [4.69, 9.17) is 7.48 Å². The molecule has 7 heteroatoms. The molecule has 5 rings (SSSR count). The third-order valence-electron chi connectivity index (χ3n) is 8.13. The van der Waals surface area contributed by atoms with Gasteiger partial charge in [-0.05, 0) is 48.7 Å². The second-order valence-corrected chi connectivity index (χ2v) is 10.2. The predicted octanol–water partition coefficient (Wildman–Crippen LogP) is 8.40. The van der Waals surface area contributed by atoms with E-state index < -0.39 is 0 Å². The zero-order valence-corrected chi connectivity index (χ0v) is 25.7. The Labute approximate surface area is 247 Å². The van der Waals surface area contributed by atoms with E-state index in [-0.39, 0.29) is 54.7 Å². The molecule has 0 amide bonds. The molecule has 1 radical (unpaired) electrons. The molecule has 0 aliphatic carbocycles. The van der Waals surface area contributed by atoms with Crippen LogP contribution >= 0.6 is 0 Å². The molecule has 6 nitrogen and oxygen atoms in total. The van der Waals surface area contributed by atoms with Crippen LogP contribution in [0.3, 0.4) is 0 Å². The molecule has 1 aliphatic rings. The predicted molar refractivity (Wildman–Crippen MR) is 152 cm³/mol. The van der Waals surface area contributed by atoms with Crippen molar-refractivity contribution < 1.29 is 37.5 Å². The van der Waals surface area contributed by atoms with Crippen LogP contribution in [0.1, 0.15) is 70.0 Å². The van der Waals surface area contributed by atoms with Gasteiger partial charge in [0.2, 0.25) is 0 Å². The number of nitrogens with zero attached hydrogens (tertiary/aromatic N) is 3. The summed E-state index contributed by atoms with van der Waals surface area (Å²) in [6.07, 6.45) is 6.35. The number of aliphatic hydroxyl groups is 1. The second-order valence-electron chi connectivity index (χ2n) is 10.2. The van der Waals surface area contributed by atoms with Crippen LogP contribution < -0.4 is 4.74 Å². The molecule has 4 heterocycles. The van der Waals surface area contributed by atoms with Crippen LogP contribution in [-0.2, 0) is 24.9 Å². The molecule has 207 valence electrons. The number of aliphatic hydroxyl groups excluding tert-OH is 1. The van der Waals surface area contributed by atoms with E-state index in [1.807, 2.05) is 59.7 Å². The van der Waals surface area contributed by atoms with Gasteiger partial charge in [-0.3, -0.25) is 19.7 Å². The number of carbonyl (C=O) groups is 1. The molecule has 1 aromatic carbocycles. The normalized spacial score (nSPS) is 13.3. The molecule has 0 saturated heterocycles. The Balaban J connectivity index is 0.000000233. The summed E-state index contributed by atoms with van der Waals surface area (Å²) in [4.78, 5) is 25.1. The van der Waals surface area contributed by atoms with Gasteiger partial charge in [-0.1, -0.05) is 65.1 Å². The molecule has 1 N–H and O–H groups in total. The van der Waals surface area contributed by atoms with Crippen LogP contribution in [0.4, 0.5) is 0 Å². The minimum Gasteiger partial charge on any atom is -0.512 e. The van der Waals surface area contributed by atoms with Crippen LogP contribution in [0.25, 0.3) is 33.1 Å². The summed E-state index contributed by atoms with van der Waals surface area (Å²) >= 11 is 0. The minimum atomic E-state index is -0.337. The maximum atomic E-state index is 12.2. The number of allylic oxidation sites excluding steroid dienone is 2. The number of ketones is 1. The second kappa shape index (κ2) is 12.4. The molecule has 39 heavy (non-hydrogen) atoms. The SMILES string of the molecule is CCC(C)(CC)C(=O)/C=C(\O)C(C)(CC)CC.[2H]c1nc2c3c(cccc3c1[2H])Oc1nc3ncccc3[c-]c1-2.[Ir]. The zero-order valence-electron chi connectivity index (χ0n) is 25.3. The number of benzene rings is 1. The largest absolute Gasteiger partial charge is 0.512 e. The molecule has 4 aromatic rings. The maximum Gasteiger partial charge on any atom is 0.164 e. The van der Waals surface area contributed by atoms with E-state index in [1.165, 1.54) is 6.08 Å². The zero-order chi connectivity index (χ0) is 29.2. The van der Waals surface area contributed by atoms with E-state index in [2.05, 4.69) is 21.0 Å². The summed E-state index contributed by atoms with van der Waals surface area (Å²) in [5, 5.41) is 12.3. The standard InChI is InChI=1S/C17H8N3O.C15H28O2.Ir/c1-3-10-6-8-18-15-12-9-11-4-2-7-19-16(11)20-17(12)21-13(5-1)14(10)15;1-7-14(5,8-2)12(16)11-13(17)15(6,9-3)10-4;/h1-8H;11,16H,7-10H2,1-6H3;/q-1;;/b;12-11-;/i6D,8D;;. The fourth-order valence-corrected chi connectivity index (χ4v) is 4.29. The third kappa shape index (κ3) is 5.90. The molecular formula is C32H36IrN3O3-. The number of pyridine rings is 3. The Bertz CT molecular complexity index is 1620. The average molecular weight is 705 g/mol. The van der Waals surface area contributed by atoms with Gasteiger partial charge in [0.05, 0.1) is 8.39 Å². The van der Waals surface area contributed by atoms with E-state index in [0.29, 0.717) is 33.9 Å². The average Bonchev–Trinajstić information content (AvgIpc) is 2.98. The molecule has 0 bridgehead atoms. The van der Waals surface area contributed by atoms with Crippen LogP contribution in [0.5, 0.6) is 11.6 Å². The quantitative estimate of drug-likeness (QED) is 0.104. The first-order valence-electron chi connectivity index (χ1n) is 14.2. The van der Waals surface area contributed by atoms with Gasteiger partial charge in [0, 0.05) is 60.5 Å². The van der Waals surface area contributed by atoms with Crippen LogP contribution in [0.2, 0.25) is 0 Å². The van der Waals surface area contributed by atoms with E-state index in [1.54, 1.807) is 18.3 Å². The van der Waals surface area contributed by atoms with Crippen molar-refractivity contribution in [3.63, 3.8) is 0 Å². The van der Waals surface area contributed by atoms with Gasteiger partial charge >= 0.3 is 0 Å².